The number of hydrogen-bond donors (Lipinski definition) is 2. The molecule has 0 aromatic heterocycles. The Hall–Kier alpha value is -1.32. The lowest BCUT2D eigenvalue weighted by molar-refractivity contribution is -0.134. The van der Waals surface area contributed by atoms with Crippen molar-refractivity contribution in [3.63, 3.8) is 0 Å². The molecule has 0 aliphatic heterocycles. The van der Waals surface area contributed by atoms with E-state index in [-0.39, 0.29) is 0 Å². The molecule has 14 heavy (non-hydrogen) atoms. The highest BCUT2D eigenvalue weighted by molar-refractivity contribution is 8.49. The van der Waals surface area contributed by atoms with Crippen molar-refractivity contribution in [2.24, 2.45) is 0 Å². The summed E-state index contributed by atoms with van der Waals surface area (Å²) in [5, 5.41) is 15.6. The van der Waals surface area contributed by atoms with Crippen molar-refractivity contribution >= 4 is 22.2 Å². The smallest absolute Gasteiger partial charge is 0.351 e. The van der Waals surface area contributed by atoms with Crippen molar-refractivity contribution < 1.29 is 39.2 Å². The fourth-order valence-electron chi connectivity index (χ4n) is 0.450. The van der Waals surface area contributed by atoms with Gasteiger partial charge in [-0.3, -0.25) is 0 Å². The van der Waals surface area contributed by atoms with Gasteiger partial charge in [0, 0.05) is 0 Å². The van der Waals surface area contributed by atoms with Crippen LogP contribution in [0.4, 0.5) is 19.4 Å². The quantitative estimate of drug-likeness (QED) is 0.588. The second-order valence-corrected chi connectivity index (χ2v) is 4.50. The minimum absolute atomic E-state index is 1.08. The first kappa shape index (κ1) is 12.7. The van der Waals surface area contributed by atoms with Crippen molar-refractivity contribution in [3.8, 4) is 0 Å². The van der Waals surface area contributed by atoms with Crippen LogP contribution in [0.1, 0.15) is 0 Å². The largest absolute Gasteiger partial charge is 0.478 e. The molecule has 0 saturated carbocycles. The molecule has 0 rings (SSSR count). The molecular weight excluding hydrogens is 239 g/mol. The van der Waals surface area contributed by atoms with E-state index in [1.54, 1.807) is 0 Å². The van der Waals surface area contributed by atoms with Crippen molar-refractivity contribution in [2.45, 2.75) is 0 Å². The first-order chi connectivity index (χ1) is 5.74. The van der Waals surface area contributed by atoms with E-state index in [0.717, 1.165) is 0 Å². The second kappa shape index (κ2) is 2.38. The van der Waals surface area contributed by atoms with E-state index in [9.17, 15) is 29.0 Å². The third kappa shape index (κ3) is 3.60. The zero-order chi connectivity index (χ0) is 11.8. The van der Waals surface area contributed by atoms with Gasteiger partial charge in [0.15, 0.2) is 4.91 Å². The number of carboxylic acids is 2. The first-order valence-corrected chi connectivity index (χ1v) is 4.61. The molecule has 0 aliphatic carbocycles. The number of carbonyl (C=O) groups is 2. The Balaban J connectivity index is 5.75. The molecule has 0 aromatic carbocycles. The van der Waals surface area contributed by atoms with Crippen LogP contribution in [0.3, 0.4) is 0 Å². The van der Waals surface area contributed by atoms with Crippen LogP contribution in [0.2, 0.25) is 0 Å². The highest BCUT2D eigenvalue weighted by Crippen LogP contribution is 3.02. The van der Waals surface area contributed by atoms with Crippen LogP contribution in [0, 0.1) is 0 Å². The van der Waals surface area contributed by atoms with Crippen molar-refractivity contribution in [2.75, 3.05) is 0 Å². The zero-order valence-electron chi connectivity index (χ0n) is 6.09. The lowest BCUT2D eigenvalue weighted by atomic mass is 10.5. The molecule has 84 valence electrons. The van der Waals surface area contributed by atoms with Gasteiger partial charge in [0.1, 0.15) is 0 Å². The standard InChI is InChI=1S/C4H3F5O4S/c5-14(6,7,8,9)2(4(12)13)1-3(10)11/h1H,(H,10,11)(H,12,13)/b2-1+. The molecule has 0 saturated heterocycles. The molecule has 0 bridgehead atoms. The van der Waals surface area contributed by atoms with Gasteiger partial charge in [0.05, 0.1) is 6.08 Å². The van der Waals surface area contributed by atoms with Gasteiger partial charge in [-0.05, 0) is 0 Å². The summed E-state index contributed by atoms with van der Waals surface area (Å²) in [6.45, 7) is 0. The maximum absolute atomic E-state index is 11.8. The lowest BCUT2D eigenvalue weighted by Crippen LogP contribution is -2.18. The molecule has 4 nitrogen and oxygen atoms in total. The van der Waals surface area contributed by atoms with Gasteiger partial charge in [0.25, 0.3) is 0 Å². The third-order valence-corrected chi connectivity index (χ3v) is 2.00. The number of carboxylic acid groups (broad SMARTS) is 2. The summed E-state index contributed by atoms with van der Waals surface area (Å²) in [6.07, 6.45) is -1.08. The molecule has 0 aliphatic rings. The average Bonchev–Trinajstić information content (AvgIpc) is 1.75. The van der Waals surface area contributed by atoms with Gasteiger partial charge >= 0.3 is 22.2 Å². The average molecular weight is 242 g/mol. The van der Waals surface area contributed by atoms with E-state index < -0.39 is 33.1 Å². The Kier molecular flexibility index (Phi) is 2.15. The summed E-state index contributed by atoms with van der Waals surface area (Å²) in [7, 11) is -10.4. The van der Waals surface area contributed by atoms with E-state index >= 15 is 0 Å². The van der Waals surface area contributed by atoms with Gasteiger partial charge in [0.2, 0.25) is 0 Å². The first-order valence-electron chi connectivity index (χ1n) is 2.66. The van der Waals surface area contributed by atoms with Crippen LogP contribution >= 0.6 is 10.2 Å². The zero-order valence-corrected chi connectivity index (χ0v) is 6.90. The van der Waals surface area contributed by atoms with E-state index in [1.165, 1.54) is 0 Å². The molecular formula is C4H3F5O4S. The Morgan fingerprint density at radius 2 is 1.36 bits per heavy atom. The Morgan fingerprint density at radius 1 is 1.00 bits per heavy atom. The molecule has 0 atom stereocenters. The van der Waals surface area contributed by atoms with Gasteiger partial charge in [-0.1, -0.05) is 19.4 Å². The highest BCUT2D eigenvalue weighted by Gasteiger charge is 2.70. The van der Waals surface area contributed by atoms with Gasteiger partial charge in [-0.2, -0.15) is 0 Å². The summed E-state index contributed by atoms with van der Waals surface area (Å²) in [4.78, 5) is 16.1. The van der Waals surface area contributed by atoms with Gasteiger partial charge < -0.3 is 10.2 Å². The summed E-state index contributed by atoms with van der Waals surface area (Å²) in [6, 6.07) is 0. The van der Waals surface area contributed by atoms with Crippen molar-refractivity contribution in [1.82, 2.24) is 0 Å². The summed E-state index contributed by atoms with van der Waals surface area (Å²) in [5.74, 6) is -5.46. The predicted octanol–water partition coefficient (Wildman–Crippen LogP) is 2.34. The van der Waals surface area contributed by atoms with Crippen LogP contribution < -0.4 is 0 Å². The minimum Gasteiger partial charge on any atom is -0.478 e. The monoisotopic (exact) mass is 242 g/mol. The second-order valence-electron chi connectivity index (χ2n) is 2.12. The Bertz CT molecular complexity index is 326. The fourth-order valence-corrected chi connectivity index (χ4v) is 1.10. The van der Waals surface area contributed by atoms with Crippen molar-refractivity contribution in [1.29, 1.82) is 0 Å². The summed E-state index contributed by atoms with van der Waals surface area (Å²) in [5.41, 5.74) is 0. The van der Waals surface area contributed by atoms with Gasteiger partial charge in [-0.15, -0.1) is 0 Å². The van der Waals surface area contributed by atoms with Crippen molar-refractivity contribution in [3.05, 3.63) is 11.0 Å². The number of hydrogen-bond acceptors (Lipinski definition) is 2. The van der Waals surface area contributed by atoms with E-state index in [1.807, 2.05) is 0 Å². The molecule has 0 unspecified atom stereocenters. The number of rotatable bonds is 3. The Labute approximate surface area is 73.4 Å². The fraction of sp³-hybridized carbons (Fsp3) is 0. The topological polar surface area (TPSA) is 74.6 Å². The van der Waals surface area contributed by atoms with Gasteiger partial charge in [-0.25, -0.2) is 9.59 Å². The molecule has 10 heteroatoms. The van der Waals surface area contributed by atoms with Crippen LogP contribution in [0.15, 0.2) is 11.0 Å². The predicted molar refractivity (Wildman–Crippen MR) is 36.5 cm³/mol. The molecule has 0 heterocycles. The maximum Gasteiger partial charge on any atom is 0.351 e. The van der Waals surface area contributed by atoms with E-state index in [0.29, 0.717) is 0 Å². The minimum atomic E-state index is -10.4. The third-order valence-electron chi connectivity index (χ3n) is 0.881. The van der Waals surface area contributed by atoms with Crippen LogP contribution in [0.25, 0.3) is 0 Å². The maximum atomic E-state index is 11.8. The molecule has 0 fully saturated rings. The Morgan fingerprint density at radius 3 is 1.43 bits per heavy atom. The van der Waals surface area contributed by atoms with Crippen LogP contribution in [-0.2, 0) is 9.59 Å². The van der Waals surface area contributed by atoms with E-state index in [4.69, 9.17) is 10.2 Å². The SMILES string of the molecule is O=C(O)/C=C(\C(=O)O)S(F)(F)(F)(F)F. The lowest BCUT2D eigenvalue weighted by Gasteiger charge is -2.39. The molecule has 0 amide bonds. The molecule has 2 N–H and O–H groups in total. The van der Waals surface area contributed by atoms with Crippen LogP contribution in [0.5, 0.6) is 0 Å². The summed E-state index contributed by atoms with van der Waals surface area (Å²) >= 11 is 0. The molecule has 0 aromatic rings. The van der Waals surface area contributed by atoms with Crippen LogP contribution in [-0.4, -0.2) is 22.2 Å². The van der Waals surface area contributed by atoms with E-state index in [2.05, 4.69) is 0 Å². The summed E-state index contributed by atoms with van der Waals surface area (Å²) < 4.78 is 58.9. The number of halogens is 5. The molecule has 0 spiro atoms. The highest BCUT2D eigenvalue weighted by atomic mass is 32.5. The number of aliphatic carboxylic acids is 2. The normalized spacial score (nSPS) is 18.2. The molecule has 0 radical (unpaired) electrons.